The number of hydrogen-bond donors (Lipinski definition) is 0. The highest BCUT2D eigenvalue weighted by Gasteiger charge is 2.45. The Morgan fingerprint density at radius 1 is 0.417 bits per heavy atom. The summed E-state index contributed by atoms with van der Waals surface area (Å²) in [5.74, 6) is -0.419. The van der Waals surface area contributed by atoms with Crippen LogP contribution in [0, 0.1) is 13.8 Å². The summed E-state index contributed by atoms with van der Waals surface area (Å²) in [5.41, 5.74) is 11.9. The fraction of sp³-hybridized carbons (Fsp3) is 0.0682. The third-order valence-corrected chi connectivity index (χ3v) is 8.89. The molecule has 0 aliphatic carbocycles. The third-order valence-electron chi connectivity index (χ3n) is 8.89. The van der Waals surface area contributed by atoms with Gasteiger partial charge in [-0.05, 0) is 13.8 Å². The van der Waals surface area contributed by atoms with E-state index in [4.69, 9.17) is 15.0 Å². The van der Waals surface area contributed by atoms with Crippen molar-refractivity contribution >= 4 is 11.4 Å². The Bertz CT molecular complexity index is 2190. The molecule has 0 bridgehead atoms. The summed E-state index contributed by atoms with van der Waals surface area (Å²) in [7, 11) is 0. The molecule has 0 N–H and O–H groups in total. The van der Waals surface area contributed by atoms with Crippen molar-refractivity contribution in [1.82, 2.24) is 9.55 Å². The van der Waals surface area contributed by atoms with Gasteiger partial charge in [0.25, 0.3) is 5.79 Å². The zero-order valence-electron chi connectivity index (χ0n) is 27.0. The van der Waals surface area contributed by atoms with Crippen molar-refractivity contribution in [3.63, 3.8) is 0 Å². The van der Waals surface area contributed by atoms with E-state index in [1.54, 1.807) is 0 Å². The number of imidazole rings is 1. The standard InChI is InChI=1S/C44H34N4/c1-31-23-27-37(28-24-31)43-45-41(35-19-11-5-12-20-35)42(36-21-13-6-14-22-36)48(43)44(38-29-25-32(2)26-30-38)46-39(33-15-7-3-8-16-33)40(47-44)34-17-9-4-10-18-34/h3-30H,1-2H3. The Kier molecular flexibility index (Phi) is 7.46. The number of aryl methyl sites for hydroxylation is 2. The van der Waals surface area contributed by atoms with Crippen LogP contribution in [-0.4, -0.2) is 21.0 Å². The zero-order valence-corrected chi connectivity index (χ0v) is 27.0. The summed E-state index contributed by atoms with van der Waals surface area (Å²) in [6.45, 7) is 4.22. The average molecular weight is 619 g/mol. The maximum absolute atomic E-state index is 5.75. The van der Waals surface area contributed by atoms with Crippen LogP contribution in [0.2, 0.25) is 0 Å². The highest BCUT2D eigenvalue weighted by molar-refractivity contribution is 6.54. The van der Waals surface area contributed by atoms with Crippen molar-refractivity contribution in [2.45, 2.75) is 19.6 Å². The zero-order chi connectivity index (χ0) is 32.5. The minimum atomic E-state index is -1.21. The summed E-state index contributed by atoms with van der Waals surface area (Å²) >= 11 is 0. The average Bonchev–Trinajstić information content (AvgIpc) is 3.75. The molecule has 48 heavy (non-hydrogen) atoms. The lowest BCUT2D eigenvalue weighted by Gasteiger charge is -2.30. The SMILES string of the molecule is Cc1ccc(-c2nc(-c3ccccc3)c(-c3ccccc3)n2C2(c3ccc(C)cc3)N=C(c3ccccc3)C(c3ccccc3)=N2)cc1. The number of aromatic nitrogens is 2. The molecule has 6 aromatic carbocycles. The molecular formula is C44H34N4. The van der Waals surface area contributed by atoms with Gasteiger partial charge in [0.05, 0.1) is 22.8 Å². The molecule has 1 aliphatic rings. The van der Waals surface area contributed by atoms with Crippen LogP contribution in [0.15, 0.2) is 180 Å². The first kappa shape index (κ1) is 29.3. The second-order valence-corrected chi connectivity index (χ2v) is 12.2. The lowest BCUT2D eigenvalue weighted by molar-refractivity contribution is 0.409. The van der Waals surface area contributed by atoms with Crippen molar-refractivity contribution in [2.75, 3.05) is 0 Å². The first-order valence-electron chi connectivity index (χ1n) is 16.3. The number of nitrogens with zero attached hydrogens (tertiary/aromatic N) is 4. The second kappa shape index (κ2) is 12.2. The van der Waals surface area contributed by atoms with Gasteiger partial charge < -0.3 is 0 Å². The largest absolute Gasteiger partial charge is 0.275 e. The molecule has 230 valence electrons. The smallest absolute Gasteiger partial charge is 0.261 e. The summed E-state index contributed by atoms with van der Waals surface area (Å²) < 4.78 is 2.28. The summed E-state index contributed by atoms with van der Waals surface area (Å²) in [6, 6.07) is 58.9. The highest BCUT2D eigenvalue weighted by atomic mass is 15.4. The van der Waals surface area contributed by atoms with Gasteiger partial charge >= 0.3 is 0 Å². The molecule has 1 aliphatic heterocycles. The van der Waals surface area contributed by atoms with Gasteiger partial charge in [-0.2, -0.15) is 0 Å². The van der Waals surface area contributed by atoms with Gasteiger partial charge in [0.2, 0.25) is 0 Å². The summed E-state index contributed by atoms with van der Waals surface area (Å²) in [5, 5.41) is 0. The molecule has 4 nitrogen and oxygen atoms in total. The fourth-order valence-corrected chi connectivity index (χ4v) is 6.45. The van der Waals surface area contributed by atoms with Gasteiger partial charge in [0.15, 0.2) is 0 Å². The van der Waals surface area contributed by atoms with Gasteiger partial charge in [-0.1, -0.05) is 181 Å². The van der Waals surface area contributed by atoms with Gasteiger partial charge in [-0.25, -0.2) is 15.0 Å². The molecule has 1 aromatic heterocycles. The van der Waals surface area contributed by atoms with Crippen LogP contribution < -0.4 is 0 Å². The van der Waals surface area contributed by atoms with E-state index in [9.17, 15) is 0 Å². The molecule has 0 radical (unpaired) electrons. The molecule has 4 heteroatoms. The normalized spacial score (nSPS) is 13.6. The molecule has 0 fully saturated rings. The summed E-state index contributed by atoms with van der Waals surface area (Å²) in [6.07, 6.45) is 0. The highest BCUT2D eigenvalue weighted by Crippen LogP contribution is 2.46. The van der Waals surface area contributed by atoms with Crippen molar-refractivity contribution in [1.29, 1.82) is 0 Å². The number of rotatable bonds is 7. The summed E-state index contributed by atoms with van der Waals surface area (Å²) in [4.78, 5) is 17.0. The van der Waals surface area contributed by atoms with Crippen molar-refractivity contribution < 1.29 is 0 Å². The minimum absolute atomic E-state index is 0.794. The number of hydrogen-bond acceptors (Lipinski definition) is 3. The van der Waals surface area contributed by atoms with Crippen molar-refractivity contribution in [2.24, 2.45) is 9.98 Å². The quantitative estimate of drug-likeness (QED) is 0.175. The molecule has 0 unspecified atom stereocenters. The molecule has 7 aromatic rings. The van der Waals surface area contributed by atoms with Gasteiger partial charge in [-0.3, -0.25) is 4.57 Å². The van der Waals surface area contributed by atoms with Crippen LogP contribution in [0.4, 0.5) is 0 Å². The Balaban J connectivity index is 1.56. The van der Waals surface area contributed by atoms with Crippen molar-refractivity contribution in [3.8, 4) is 33.9 Å². The Morgan fingerprint density at radius 3 is 1.31 bits per heavy atom. The maximum atomic E-state index is 5.75. The molecule has 0 spiro atoms. The molecule has 0 saturated heterocycles. The lowest BCUT2D eigenvalue weighted by Crippen LogP contribution is -2.31. The van der Waals surface area contributed by atoms with E-state index >= 15 is 0 Å². The first-order valence-corrected chi connectivity index (χ1v) is 16.3. The first-order chi connectivity index (χ1) is 23.6. The number of benzene rings is 6. The van der Waals surface area contributed by atoms with Crippen LogP contribution in [0.25, 0.3) is 33.9 Å². The van der Waals surface area contributed by atoms with Gasteiger partial charge in [0.1, 0.15) is 5.82 Å². The second-order valence-electron chi connectivity index (χ2n) is 12.2. The fourth-order valence-electron chi connectivity index (χ4n) is 6.45. The molecular weight excluding hydrogens is 585 g/mol. The molecule has 0 amide bonds. The van der Waals surface area contributed by atoms with E-state index in [2.05, 4.69) is 170 Å². The number of aliphatic imine (C=N–C) groups is 2. The van der Waals surface area contributed by atoms with Crippen LogP contribution in [0.5, 0.6) is 0 Å². The minimum Gasteiger partial charge on any atom is -0.275 e. The predicted octanol–water partition coefficient (Wildman–Crippen LogP) is 10.2. The third kappa shape index (κ3) is 5.18. The van der Waals surface area contributed by atoms with E-state index in [-0.39, 0.29) is 0 Å². The van der Waals surface area contributed by atoms with E-state index < -0.39 is 5.79 Å². The van der Waals surface area contributed by atoms with E-state index in [1.165, 1.54) is 11.1 Å². The van der Waals surface area contributed by atoms with E-state index in [0.29, 0.717) is 0 Å². The Hall–Kier alpha value is -6.13. The van der Waals surface area contributed by atoms with Crippen LogP contribution in [0.3, 0.4) is 0 Å². The van der Waals surface area contributed by atoms with E-state index in [0.717, 1.165) is 62.0 Å². The molecule has 2 heterocycles. The topological polar surface area (TPSA) is 42.5 Å². The Labute approximate surface area is 281 Å². The van der Waals surface area contributed by atoms with E-state index in [1.807, 2.05) is 18.2 Å². The van der Waals surface area contributed by atoms with Crippen LogP contribution in [-0.2, 0) is 5.79 Å². The predicted molar refractivity (Wildman–Crippen MR) is 197 cm³/mol. The van der Waals surface area contributed by atoms with Crippen LogP contribution >= 0.6 is 0 Å². The molecule has 8 rings (SSSR count). The van der Waals surface area contributed by atoms with Gasteiger partial charge in [0, 0.05) is 33.4 Å². The van der Waals surface area contributed by atoms with Crippen LogP contribution in [0.1, 0.15) is 27.8 Å². The van der Waals surface area contributed by atoms with Crippen molar-refractivity contribution in [3.05, 3.63) is 198 Å². The molecule has 0 saturated carbocycles. The Morgan fingerprint density at radius 2 is 0.833 bits per heavy atom. The lowest BCUT2D eigenvalue weighted by atomic mass is 10.0. The monoisotopic (exact) mass is 618 g/mol. The molecule has 0 atom stereocenters. The maximum Gasteiger partial charge on any atom is 0.261 e. The van der Waals surface area contributed by atoms with Gasteiger partial charge in [-0.15, -0.1) is 0 Å².